The first kappa shape index (κ1) is 20.9. The Morgan fingerprint density at radius 2 is 1.79 bits per heavy atom. The zero-order valence-corrected chi connectivity index (χ0v) is 18.1. The molecule has 1 fully saturated rings. The molecule has 0 aromatic carbocycles. The first-order valence-electron chi connectivity index (χ1n) is 9.37. The third-order valence-corrected chi connectivity index (χ3v) is 7.94. The number of carbonyl (C=O) groups excluding carboxylic acids is 1. The monoisotopic (exact) mass is 422 g/mol. The summed E-state index contributed by atoms with van der Waals surface area (Å²) in [6, 6.07) is 3.30. The number of nitrogens with one attached hydrogen (secondary N) is 1. The predicted octanol–water partition coefficient (Wildman–Crippen LogP) is 3.19. The second-order valence-corrected chi connectivity index (χ2v) is 11.3. The highest BCUT2D eigenvalue weighted by atomic mass is 32.2. The van der Waals surface area contributed by atoms with E-state index in [-0.39, 0.29) is 17.7 Å². The van der Waals surface area contributed by atoms with Crippen molar-refractivity contribution < 1.29 is 13.2 Å². The summed E-state index contributed by atoms with van der Waals surface area (Å²) >= 11 is 1.16. The molecule has 3 heterocycles. The Labute approximate surface area is 170 Å². The van der Waals surface area contributed by atoms with Crippen LogP contribution in [0.25, 0.3) is 0 Å². The predicted molar refractivity (Wildman–Crippen MR) is 110 cm³/mol. The number of amides is 1. The quantitative estimate of drug-likeness (QED) is 0.799. The lowest BCUT2D eigenvalue weighted by Crippen LogP contribution is -2.35. The molecule has 0 atom stereocenters. The summed E-state index contributed by atoms with van der Waals surface area (Å²) in [6.45, 7) is 7.20. The average Bonchev–Trinajstić information content (AvgIpc) is 3.11. The van der Waals surface area contributed by atoms with E-state index < -0.39 is 10.0 Å². The molecule has 2 aromatic rings. The Bertz CT molecular complexity index is 925. The minimum Gasteiger partial charge on any atom is -0.323 e. The third kappa shape index (κ3) is 4.95. The fraction of sp³-hybridized carbons (Fsp3) is 0.526. The molecule has 1 saturated heterocycles. The second kappa shape index (κ2) is 8.26. The summed E-state index contributed by atoms with van der Waals surface area (Å²) < 4.78 is 27.3. The molecule has 28 heavy (non-hydrogen) atoms. The fourth-order valence-corrected chi connectivity index (χ4v) is 5.99. The topological polar surface area (TPSA) is 92.3 Å². The van der Waals surface area contributed by atoms with E-state index in [1.165, 1.54) is 0 Å². The summed E-state index contributed by atoms with van der Waals surface area (Å²) in [6.07, 6.45) is 6.16. The Morgan fingerprint density at radius 1 is 1.14 bits per heavy atom. The first-order chi connectivity index (χ1) is 13.2. The normalized spacial score (nSPS) is 16.1. The number of rotatable bonds is 5. The summed E-state index contributed by atoms with van der Waals surface area (Å²) in [5.74, 6) is 0.479. The van der Waals surface area contributed by atoms with Crippen LogP contribution in [0.5, 0.6) is 0 Å². The maximum absolute atomic E-state index is 12.7. The van der Waals surface area contributed by atoms with Crippen molar-refractivity contribution in [3.05, 3.63) is 35.2 Å². The molecule has 0 unspecified atom stereocenters. The summed E-state index contributed by atoms with van der Waals surface area (Å²) in [5.41, 5.74) is 0.367. The van der Waals surface area contributed by atoms with Gasteiger partial charge in [-0.05, 0) is 25.0 Å². The van der Waals surface area contributed by atoms with Gasteiger partial charge in [0.25, 0.3) is 10.0 Å². The third-order valence-electron chi connectivity index (χ3n) is 4.49. The zero-order valence-electron chi connectivity index (χ0n) is 16.4. The average molecular weight is 423 g/mol. The van der Waals surface area contributed by atoms with E-state index in [9.17, 15) is 13.2 Å². The molecule has 0 radical (unpaired) electrons. The highest BCUT2D eigenvalue weighted by Crippen LogP contribution is 2.27. The highest BCUT2D eigenvalue weighted by Gasteiger charge is 2.27. The van der Waals surface area contributed by atoms with Crippen molar-refractivity contribution in [2.45, 2.75) is 56.1 Å². The standard InChI is InChI=1S/C19H26N4O3S2/c1-19(2,3)18-20-12-14(13-21-18)22-16(24)11-15-7-8-17(27-15)28(25,26)23-9-5-4-6-10-23/h7-8,12-13H,4-6,9-11H2,1-3H3,(H,22,24). The number of hydrogen-bond donors (Lipinski definition) is 1. The molecule has 1 aliphatic rings. The van der Waals surface area contributed by atoms with Crippen molar-refractivity contribution in [2.24, 2.45) is 0 Å². The zero-order chi connectivity index (χ0) is 20.4. The van der Waals surface area contributed by atoms with Crippen LogP contribution in [0.3, 0.4) is 0 Å². The molecule has 2 aromatic heterocycles. The molecule has 9 heteroatoms. The van der Waals surface area contributed by atoms with Crippen LogP contribution in [-0.2, 0) is 26.7 Å². The van der Waals surface area contributed by atoms with Crippen LogP contribution in [0.15, 0.2) is 28.7 Å². The SMILES string of the molecule is CC(C)(C)c1ncc(NC(=O)Cc2ccc(S(=O)(=O)N3CCCCC3)s2)cn1. The molecule has 152 valence electrons. The number of nitrogens with zero attached hydrogens (tertiary/aromatic N) is 3. The molecule has 1 amide bonds. The molecular weight excluding hydrogens is 396 g/mol. The van der Waals surface area contributed by atoms with E-state index in [1.54, 1.807) is 28.8 Å². The molecule has 3 rings (SSSR count). The number of sulfonamides is 1. The number of hydrogen-bond acceptors (Lipinski definition) is 6. The van der Waals surface area contributed by atoms with Crippen molar-refractivity contribution in [1.82, 2.24) is 14.3 Å². The van der Waals surface area contributed by atoms with Gasteiger partial charge in [0.15, 0.2) is 0 Å². The maximum atomic E-state index is 12.7. The van der Waals surface area contributed by atoms with Gasteiger partial charge in [0.1, 0.15) is 10.0 Å². The van der Waals surface area contributed by atoms with Gasteiger partial charge in [-0.1, -0.05) is 27.2 Å². The van der Waals surface area contributed by atoms with Crippen molar-refractivity contribution >= 4 is 33.0 Å². The molecule has 7 nitrogen and oxygen atoms in total. The van der Waals surface area contributed by atoms with Crippen LogP contribution in [-0.4, -0.2) is 41.7 Å². The molecule has 1 N–H and O–H groups in total. The fourth-order valence-electron chi connectivity index (χ4n) is 2.97. The Balaban J connectivity index is 1.62. The molecular formula is C19H26N4O3S2. The van der Waals surface area contributed by atoms with Gasteiger partial charge in [-0.2, -0.15) is 4.31 Å². The largest absolute Gasteiger partial charge is 0.323 e. The van der Waals surface area contributed by atoms with Gasteiger partial charge < -0.3 is 5.32 Å². The van der Waals surface area contributed by atoms with E-state index >= 15 is 0 Å². The smallest absolute Gasteiger partial charge is 0.252 e. The number of aromatic nitrogens is 2. The maximum Gasteiger partial charge on any atom is 0.252 e. The van der Waals surface area contributed by atoms with Gasteiger partial charge in [0, 0.05) is 23.4 Å². The Kier molecular flexibility index (Phi) is 6.16. The number of carbonyl (C=O) groups is 1. The van der Waals surface area contributed by atoms with E-state index in [1.807, 2.05) is 20.8 Å². The Hall–Kier alpha value is -1.84. The molecule has 0 spiro atoms. The molecule has 1 aliphatic heterocycles. The lowest BCUT2D eigenvalue weighted by atomic mass is 9.96. The van der Waals surface area contributed by atoms with Gasteiger partial charge >= 0.3 is 0 Å². The summed E-state index contributed by atoms with van der Waals surface area (Å²) in [5, 5.41) is 2.76. The first-order valence-corrected chi connectivity index (χ1v) is 11.6. The van der Waals surface area contributed by atoms with Crippen LogP contribution in [0, 0.1) is 0 Å². The van der Waals surface area contributed by atoms with Gasteiger partial charge in [-0.25, -0.2) is 18.4 Å². The van der Waals surface area contributed by atoms with Crippen molar-refractivity contribution in [2.75, 3.05) is 18.4 Å². The van der Waals surface area contributed by atoms with Crippen LogP contribution < -0.4 is 5.32 Å². The van der Waals surface area contributed by atoms with Crippen molar-refractivity contribution in [3.63, 3.8) is 0 Å². The van der Waals surface area contributed by atoms with E-state index in [0.29, 0.717) is 33.7 Å². The van der Waals surface area contributed by atoms with E-state index in [2.05, 4.69) is 15.3 Å². The lowest BCUT2D eigenvalue weighted by Gasteiger charge is -2.25. The minimum absolute atomic E-state index is 0.112. The molecule has 0 bridgehead atoms. The number of anilines is 1. The Morgan fingerprint density at radius 3 is 2.39 bits per heavy atom. The number of piperidine rings is 1. The summed E-state index contributed by atoms with van der Waals surface area (Å²) in [4.78, 5) is 21.6. The van der Waals surface area contributed by atoms with Gasteiger partial charge in [-0.15, -0.1) is 11.3 Å². The molecule has 0 aliphatic carbocycles. The highest BCUT2D eigenvalue weighted by molar-refractivity contribution is 7.91. The van der Waals surface area contributed by atoms with Crippen LogP contribution in [0.2, 0.25) is 0 Å². The van der Waals surface area contributed by atoms with Crippen LogP contribution in [0.4, 0.5) is 5.69 Å². The molecule has 0 saturated carbocycles. The van der Waals surface area contributed by atoms with Crippen molar-refractivity contribution in [3.8, 4) is 0 Å². The van der Waals surface area contributed by atoms with Crippen LogP contribution in [0.1, 0.15) is 50.7 Å². The number of thiophene rings is 1. The van der Waals surface area contributed by atoms with Crippen LogP contribution >= 0.6 is 11.3 Å². The van der Waals surface area contributed by atoms with E-state index in [0.717, 1.165) is 30.6 Å². The van der Waals surface area contributed by atoms with Gasteiger partial charge in [0.05, 0.1) is 24.5 Å². The minimum atomic E-state index is -3.45. The van der Waals surface area contributed by atoms with Gasteiger partial charge in [0.2, 0.25) is 5.91 Å². The van der Waals surface area contributed by atoms with E-state index in [4.69, 9.17) is 0 Å². The van der Waals surface area contributed by atoms with Gasteiger partial charge in [-0.3, -0.25) is 4.79 Å². The second-order valence-electron chi connectivity index (χ2n) is 7.96. The van der Waals surface area contributed by atoms with Crippen molar-refractivity contribution in [1.29, 1.82) is 0 Å². The lowest BCUT2D eigenvalue weighted by molar-refractivity contribution is -0.115. The summed E-state index contributed by atoms with van der Waals surface area (Å²) in [7, 11) is -3.45.